The molecule has 1 unspecified atom stereocenters. The van der Waals surface area contributed by atoms with Gasteiger partial charge in [-0.2, -0.15) is 0 Å². The number of fused-ring (bicyclic) bond motifs is 1. The van der Waals surface area contributed by atoms with Crippen molar-refractivity contribution in [1.29, 1.82) is 0 Å². The molecule has 1 saturated carbocycles. The summed E-state index contributed by atoms with van der Waals surface area (Å²) in [6.45, 7) is 4.38. The third kappa shape index (κ3) is 2.28. The van der Waals surface area contributed by atoms with Crippen LogP contribution >= 0.6 is 11.3 Å². The summed E-state index contributed by atoms with van der Waals surface area (Å²) in [5.74, 6) is 0.871. The van der Waals surface area contributed by atoms with Crippen molar-refractivity contribution in [3.05, 3.63) is 10.6 Å². The number of aliphatic hydroxyl groups excluding tert-OH is 1. The van der Waals surface area contributed by atoms with Crippen LogP contribution in [-0.4, -0.2) is 23.2 Å². The number of rotatable bonds is 4. The van der Waals surface area contributed by atoms with Gasteiger partial charge >= 0.3 is 0 Å². The topological polar surface area (TPSA) is 36.4 Å². The quantitative estimate of drug-likeness (QED) is 0.909. The van der Waals surface area contributed by atoms with E-state index in [1.807, 2.05) is 0 Å². The SMILES string of the molecule is CCN(CC1CCC1)c1nc2c(s1)C(O)CCC2. The highest BCUT2D eigenvalue weighted by Crippen LogP contribution is 2.38. The number of aliphatic hydroxyl groups is 1. The summed E-state index contributed by atoms with van der Waals surface area (Å²) in [6, 6.07) is 0. The molecule has 0 bridgehead atoms. The summed E-state index contributed by atoms with van der Waals surface area (Å²) < 4.78 is 0. The number of thiazole rings is 1. The van der Waals surface area contributed by atoms with E-state index in [9.17, 15) is 5.11 Å². The molecule has 1 heterocycles. The highest BCUT2D eigenvalue weighted by Gasteiger charge is 2.26. The molecule has 1 N–H and O–H groups in total. The predicted molar refractivity (Wildman–Crippen MR) is 75.2 cm³/mol. The lowest BCUT2D eigenvalue weighted by Crippen LogP contribution is -2.32. The van der Waals surface area contributed by atoms with Gasteiger partial charge in [0.15, 0.2) is 5.13 Å². The Morgan fingerprint density at radius 2 is 2.17 bits per heavy atom. The van der Waals surface area contributed by atoms with Crippen molar-refractivity contribution < 1.29 is 5.11 Å². The Labute approximate surface area is 113 Å². The molecule has 1 atom stereocenters. The van der Waals surface area contributed by atoms with E-state index in [-0.39, 0.29) is 6.10 Å². The lowest BCUT2D eigenvalue weighted by atomic mass is 9.85. The minimum absolute atomic E-state index is 0.262. The molecule has 0 spiro atoms. The maximum atomic E-state index is 10.0. The maximum Gasteiger partial charge on any atom is 0.185 e. The second kappa shape index (κ2) is 5.17. The molecular weight excluding hydrogens is 244 g/mol. The highest BCUT2D eigenvalue weighted by atomic mass is 32.1. The van der Waals surface area contributed by atoms with Gasteiger partial charge in [-0.1, -0.05) is 17.8 Å². The molecule has 2 aliphatic rings. The Morgan fingerprint density at radius 3 is 2.78 bits per heavy atom. The van der Waals surface area contributed by atoms with Crippen LogP contribution in [0, 0.1) is 5.92 Å². The average Bonchev–Trinajstić information content (AvgIpc) is 2.73. The first-order valence-electron chi connectivity index (χ1n) is 7.20. The van der Waals surface area contributed by atoms with Crippen LogP contribution < -0.4 is 4.90 Å². The lowest BCUT2D eigenvalue weighted by molar-refractivity contribution is 0.160. The number of aromatic nitrogens is 1. The summed E-state index contributed by atoms with van der Waals surface area (Å²) in [5.41, 5.74) is 1.15. The molecule has 18 heavy (non-hydrogen) atoms. The minimum atomic E-state index is -0.262. The summed E-state index contributed by atoms with van der Waals surface area (Å²) in [5, 5.41) is 11.2. The van der Waals surface area contributed by atoms with Gasteiger partial charge in [0.2, 0.25) is 0 Å². The van der Waals surface area contributed by atoms with Crippen molar-refractivity contribution in [2.45, 2.75) is 51.6 Å². The summed E-state index contributed by atoms with van der Waals surface area (Å²) in [6.07, 6.45) is 6.92. The number of aryl methyl sites for hydroxylation is 1. The predicted octanol–water partition coefficient (Wildman–Crippen LogP) is 3.14. The van der Waals surface area contributed by atoms with Crippen LogP contribution in [0.5, 0.6) is 0 Å². The van der Waals surface area contributed by atoms with Crippen LogP contribution in [0.1, 0.15) is 55.7 Å². The van der Waals surface area contributed by atoms with Gasteiger partial charge in [-0.25, -0.2) is 4.98 Å². The first-order chi connectivity index (χ1) is 8.78. The van der Waals surface area contributed by atoms with E-state index in [4.69, 9.17) is 4.98 Å². The Balaban J connectivity index is 1.77. The molecule has 0 amide bonds. The molecule has 3 rings (SSSR count). The van der Waals surface area contributed by atoms with Crippen molar-refractivity contribution in [3.63, 3.8) is 0 Å². The smallest absolute Gasteiger partial charge is 0.185 e. The zero-order chi connectivity index (χ0) is 12.5. The molecular formula is C14H22N2OS. The summed E-state index contributed by atoms with van der Waals surface area (Å²) >= 11 is 1.72. The van der Waals surface area contributed by atoms with Crippen LogP contribution in [0.4, 0.5) is 5.13 Å². The Morgan fingerprint density at radius 1 is 1.33 bits per heavy atom. The second-order valence-electron chi connectivity index (χ2n) is 5.55. The summed E-state index contributed by atoms with van der Waals surface area (Å²) in [4.78, 5) is 8.30. The normalized spacial score (nSPS) is 23.6. The minimum Gasteiger partial charge on any atom is -0.388 e. The van der Waals surface area contributed by atoms with Crippen molar-refractivity contribution >= 4 is 16.5 Å². The van der Waals surface area contributed by atoms with E-state index in [1.54, 1.807) is 11.3 Å². The van der Waals surface area contributed by atoms with E-state index < -0.39 is 0 Å². The van der Waals surface area contributed by atoms with E-state index in [1.165, 1.54) is 19.3 Å². The molecule has 0 aliphatic heterocycles. The Kier molecular flexibility index (Phi) is 3.57. The monoisotopic (exact) mass is 266 g/mol. The zero-order valence-corrected chi connectivity index (χ0v) is 11.9. The van der Waals surface area contributed by atoms with E-state index in [0.29, 0.717) is 0 Å². The second-order valence-corrected chi connectivity index (χ2v) is 6.56. The largest absolute Gasteiger partial charge is 0.388 e. The van der Waals surface area contributed by atoms with E-state index in [0.717, 1.165) is 54.0 Å². The molecule has 1 fully saturated rings. The molecule has 0 radical (unpaired) electrons. The maximum absolute atomic E-state index is 10.0. The van der Waals surface area contributed by atoms with Crippen molar-refractivity contribution in [2.75, 3.05) is 18.0 Å². The molecule has 0 aromatic carbocycles. The van der Waals surface area contributed by atoms with Crippen LogP contribution in [0.2, 0.25) is 0 Å². The fraction of sp³-hybridized carbons (Fsp3) is 0.786. The first kappa shape index (κ1) is 12.4. The Hall–Kier alpha value is -0.610. The van der Waals surface area contributed by atoms with Crippen LogP contribution in [0.3, 0.4) is 0 Å². The highest BCUT2D eigenvalue weighted by molar-refractivity contribution is 7.15. The molecule has 3 nitrogen and oxygen atoms in total. The number of nitrogens with zero attached hydrogens (tertiary/aromatic N) is 2. The molecule has 4 heteroatoms. The van der Waals surface area contributed by atoms with Gasteiger partial charge in [-0.15, -0.1) is 0 Å². The standard InChI is InChI=1S/C14H22N2OS/c1-2-16(9-10-5-3-6-10)14-15-11-7-4-8-12(17)13(11)18-14/h10,12,17H,2-9H2,1H3. The van der Waals surface area contributed by atoms with Gasteiger partial charge in [0.25, 0.3) is 0 Å². The molecule has 2 aliphatic carbocycles. The fourth-order valence-electron chi connectivity index (χ4n) is 2.85. The molecule has 1 aromatic rings. The fourth-order valence-corrected chi connectivity index (χ4v) is 4.05. The van der Waals surface area contributed by atoms with E-state index >= 15 is 0 Å². The average molecular weight is 266 g/mol. The van der Waals surface area contributed by atoms with Crippen LogP contribution in [-0.2, 0) is 6.42 Å². The van der Waals surface area contributed by atoms with E-state index in [2.05, 4.69) is 11.8 Å². The third-order valence-corrected chi connectivity index (χ3v) is 5.53. The van der Waals surface area contributed by atoms with Gasteiger partial charge in [0, 0.05) is 13.1 Å². The van der Waals surface area contributed by atoms with Gasteiger partial charge < -0.3 is 10.0 Å². The molecule has 100 valence electrons. The number of anilines is 1. The van der Waals surface area contributed by atoms with Crippen LogP contribution in [0.15, 0.2) is 0 Å². The third-order valence-electron chi connectivity index (χ3n) is 4.27. The zero-order valence-electron chi connectivity index (χ0n) is 11.1. The summed E-state index contributed by atoms with van der Waals surface area (Å²) in [7, 11) is 0. The number of hydrogen-bond donors (Lipinski definition) is 1. The molecule has 0 saturated heterocycles. The van der Waals surface area contributed by atoms with Gasteiger partial charge in [-0.3, -0.25) is 0 Å². The molecule has 1 aromatic heterocycles. The van der Waals surface area contributed by atoms with Crippen LogP contribution in [0.25, 0.3) is 0 Å². The van der Waals surface area contributed by atoms with Gasteiger partial charge in [0.1, 0.15) is 0 Å². The van der Waals surface area contributed by atoms with Gasteiger partial charge in [-0.05, 0) is 44.9 Å². The van der Waals surface area contributed by atoms with Crippen molar-refractivity contribution in [1.82, 2.24) is 4.98 Å². The number of hydrogen-bond acceptors (Lipinski definition) is 4. The first-order valence-corrected chi connectivity index (χ1v) is 8.02. The van der Waals surface area contributed by atoms with Gasteiger partial charge in [0.05, 0.1) is 16.7 Å². The Bertz CT molecular complexity index is 414. The lowest BCUT2D eigenvalue weighted by Gasteiger charge is -2.31. The van der Waals surface area contributed by atoms with Crippen molar-refractivity contribution in [3.8, 4) is 0 Å². The van der Waals surface area contributed by atoms with Crippen molar-refractivity contribution in [2.24, 2.45) is 5.92 Å².